The van der Waals surface area contributed by atoms with Crippen molar-refractivity contribution < 1.29 is 22.7 Å². The van der Waals surface area contributed by atoms with Gasteiger partial charge in [-0.3, -0.25) is 4.57 Å². The molecule has 12 nitrogen and oxygen atoms in total. The number of para-hydroxylation sites is 1. The largest absolute Gasteiger partial charge is 0.461 e. The number of nitrogens with zero attached hydrogens (tertiary/aromatic N) is 7. The summed E-state index contributed by atoms with van der Waals surface area (Å²) in [7, 11) is -2.70. The van der Waals surface area contributed by atoms with E-state index >= 15 is 0 Å². The van der Waals surface area contributed by atoms with Crippen molar-refractivity contribution in [3.8, 4) is 0 Å². The van der Waals surface area contributed by atoms with Crippen LogP contribution in [0.1, 0.15) is 33.8 Å². The lowest BCUT2D eigenvalue weighted by Gasteiger charge is -2.36. The van der Waals surface area contributed by atoms with Gasteiger partial charge in [-0.25, -0.2) is 22.5 Å². The summed E-state index contributed by atoms with van der Waals surface area (Å²) in [6.45, 7) is 12.6. The minimum absolute atomic E-state index is 0.139. The first kappa shape index (κ1) is 33.3. The predicted molar refractivity (Wildman–Crippen MR) is 181 cm³/mol. The number of esters is 1. The van der Waals surface area contributed by atoms with Crippen LogP contribution in [0.5, 0.6) is 0 Å². The number of carbonyl (C=O) groups excluding carboxylic acids is 1. The summed E-state index contributed by atoms with van der Waals surface area (Å²) in [4.78, 5) is 25.5. The Morgan fingerprint density at radius 3 is 2.58 bits per heavy atom. The molecule has 1 fully saturated rings. The molecule has 3 aromatic heterocycles. The first-order valence-corrected chi connectivity index (χ1v) is 21.9. The molecule has 0 saturated carbocycles. The smallest absolute Gasteiger partial charge is 0.358 e. The van der Waals surface area contributed by atoms with Gasteiger partial charge in [0.1, 0.15) is 6.73 Å². The fraction of sp³-hybridized carbons (Fsp3) is 0.483. The van der Waals surface area contributed by atoms with Crippen molar-refractivity contribution in [2.45, 2.75) is 52.2 Å². The van der Waals surface area contributed by atoms with Crippen LogP contribution >= 0.6 is 22.7 Å². The second-order valence-corrected chi connectivity index (χ2v) is 21.8. The van der Waals surface area contributed by atoms with E-state index in [4.69, 9.17) is 14.5 Å². The highest BCUT2D eigenvalue weighted by Gasteiger charge is 2.39. The number of sulfonamides is 1. The van der Waals surface area contributed by atoms with E-state index in [1.807, 2.05) is 25.1 Å². The van der Waals surface area contributed by atoms with E-state index in [2.05, 4.69) is 51.5 Å². The molecular formula is C29H39N7O5S3Si. The van der Waals surface area contributed by atoms with Crippen molar-refractivity contribution in [2.24, 2.45) is 4.99 Å². The van der Waals surface area contributed by atoms with Crippen LogP contribution in [-0.4, -0.2) is 86.1 Å². The first-order chi connectivity index (χ1) is 21.2. The fourth-order valence-electron chi connectivity index (χ4n) is 4.65. The first-order valence-electron chi connectivity index (χ1n) is 14.7. The van der Waals surface area contributed by atoms with Crippen LogP contribution in [-0.2, 0) is 26.2 Å². The molecule has 0 atom stereocenters. The van der Waals surface area contributed by atoms with E-state index in [0.29, 0.717) is 48.1 Å². The van der Waals surface area contributed by atoms with Gasteiger partial charge in [0.25, 0.3) is 0 Å². The summed E-state index contributed by atoms with van der Waals surface area (Å²) >= 11 is 2.90. The summed E-state index contributed by atoms with van der Waals surface area (Å²) < 4.78 is 39.8. The molecule has 0 aliphatic carbocycles. The second kappa shape index (κ2) is 13.4. The Morgan fingerprint density at radius 1 is 1.18 bits per heavy atom. The molecule has 1 aliphatic heterocycles. The van der Waals surface area contributed by atoms with Crippen LogP contribution < -0.4 is 9.70 Å². The van der Waals surface area contributed by atoms with Gasteiger partial charge in [-0.1, -0.05) is 43.1 Å². The molecule has 1 aromatic carbocycles. The molecule has 0 amide bonds. The Bertz CT molecular complexity index is 1870. The van der Waals surface area contributed by atoms with Crippen LogP contribution in [0.15, 0.2) is 35.3 Å². The van der Waals surface area contributed by atoms with Gasteiger partial charge < -0.3 is 14.4 Å². The topological polar surface area (TPSA) is 132 Å². The highest BCUT2D eigenvalue weighted by molar-refractivity contribution is 7.88. The maximum atomic E-state index is 12.8. The number of anilines is 2. The van der Waals surface area contributed by atoms with Crippen molar-refractivity contribution in [1.29, 1.82) is 0 Å². The Balaban J connectivity index is 1.41. The van der Waals surface area contributed by atoms with E-state index in [-0.39, 0.29) is 18.2 Å². The molecule has 1 saturated heterocycles. The summed E-state index contributed by atoms with van der Waals surface area (Å²) in [5, 5.41) is 9.45. The number of thiazole rings is 2. The SMILES string of the molecule is CCOC(=O)c1nc(N(C)c2cc(C)c(/N=c3\sc4ccccc4n3COCC[Si](C)(C)C)nn2)sc1C1CN(S(C)(=O)=O)C1. The molecular weight excluding hydrogens is 651 g/mol. The maximum Gasteiger partial charge on any atom is 0.358 e. The van der Waals surface area contributed by atoms with Crippen molar-refractivity contribution in [2.75, 3.05) is 44.5 Å². The maximum absolute atomic E-state index is 12.8. The van der Waals surface area contributed by atoms with Gasteiger partial charge in [-0.2, -0.15) is 4.99 Å². The number of benzene rings is 1. The van der Waals surface area contributed by atoms with Crippen LogP contribution in [0.25, 0.3) is 10.2 Å². The standard InChI is InChI=1S/C29H39N7O5S3Si/c1-8-41-27(37)24-25(20-16-35(17-20)44(4,38)39)43-28(30-24)34(3)23-15-19(2)26(33-32-23)31-29-36(18-40-13-14-45(5,6)7)21-11-9-10-12-22(21)42-29/h9-12,15,20H,8,13-14,16-18H2,1-7H3/b31-29-. The number of rotatable bonds is 12. The number of carbonyl (C=O) groups is 1. The van der Waals surface area contributed by atoms with E-state index in [9.17, 15) is 13.2 Å². The minimum Gasteiger partial charge on any atom is -0.461 e. The predicted octanol–water partition coefficient (Wildman–Crippen LogP) is 5.11. The lowest BCUT2D eigenvalue weighted by atomic mass is 10.00. The minimum atomic E-state index is -3.30. The van der Waals surface area contributed by atoms with Crippen LogP contribution in [0, 0.1) is 6.92 Å². The molecule has 16 heteroatoms. The molecule has 1 aliphatic rings. The fourth-order valence-corrected chi connectivity index (χ4v) is 8.44. The number of aromatic nitrogens is 4. The summed E-state index contributed by atoms with van der Waals surface area (Å²) in [5.74, 6) is 0.364. The Hall–Kier alpha value is -3.02. The van der Waals surface area contributed by atoms with E-state index < -0.39 is 24.1 Å². The third-order valence-corrected chi connectivity index (χ3v) is 12.7. The second-order valence-electron chi connectivity index (χ2n) is 12.2. The Kier molecular flexibility index (Phi) is 9.91. The summed E-state index contributed by atoms with van der Waals surface area (Å²) in [6, 6.07) is 11.1. The Morgan fingerprint density at radius 2 is 1.91 bits per heavy atom. The van der Waals surface area contributed by atoms with Crippen molar-refractivity contribution in [3.05, 3.63) is 51.3 Å². The average Bonchev–Trinajstić information content (AvgIpc) is 3.52. The zero-order chi connectivity index (χ0) is 32.5. The molecule has 0 bridgehead atoms. The molecule has 45 heavy (non-hydrogen) atoms. The van der Waals surface area contributed by atoms with Gasteiger partial charge in [0.15, 0.2) is 27.3 Å². The van der Waals surface area contributed by atoms with Crippen molar-refractivity contribution >= 4 is 73.7 Å². The van der Waals surface area contributed by atoms with Gasteiger partial charge in [-0.05, 0) is 43.7 Å². The quantitative estimate of drug-likeness (QED) is 0.113. The van der Waals surface area contributed by atoms with Crippen molar-refractivity contribution in [3.63, 3.8) is 0 Å². The molecule has 0 spiro atoms. The number of hydrogen-bond donors (Lipinski definition) is 0. The van der Waals surface area contributed by atoms with Gasteiger partial charge in [0, 0.05) is 45.6 Å². The molecule has 0 N–H and O–H groups in total. The lowest BCUT2D eigenvalue weighted by Crippen LogP contribution is -2.47. The molecule has 242 valence electrons. The number of fused-ring (bicyclic) bond motifs is 1. The molecule has 4 aromatic rings. The van der Waals surface area contributed by atoms with E-state index in [1.54, 1.807) is 30.2 Å². The zero-order valence-corrected chi connectivity index (χ0v) is 30.1. The van der Waals surface area contributed by atoms with E-state index in [0.717, 1.165) is 26.6 Å². The summed E-state index contributed by atoms with van der Waals surface area (Å²) in [6.07, 6.45) is 1.18. The third-order valence-electron chi connectivity index (χ3n) is 7.38. The number of aryl methyl sites for hydroxylation is 1. The van der Waals surface area contributed by atoms with Gasteiger partial charge in [-0.15, -0.1) is 21.5 Å². The van der Waals surface area contributed by atoms with Crippen LogP contribution in [0.3, 0.4) is 0 Å². The van der Waals surface area contributed by atoms with Gasteiger partial charge in [0.05, 0.1) is 23.1 Å². The Labute approximate surface area is 272 Å². The average molecular weight is 690 g/mol. The highest BCUT2D eigenvalue weighted by atomic mass is 32.2. The van der Waals surface area contributed by atoms with E-state index in [1.165, 1.54) is 21.9 Å². The molecule has 5 rings (SSSR count). The normalized spacial score (nSPS) is 15.0. The van der Waals surface area contributed by atoms with Crippen LogP contribution in [0.4, 0.5) is 16.8 Å². The highest BCUT2D eigenvalue weighted by Crippen LogP contribution is 2.39. The zero-order valence-electron chi connectivity index (χ0n) is 26.6. The van der Waals surface area contributed by atoms with Crippen molar-refractivity contribution in [1.82, 2.24) is 24.1 Å². The molecule has 0 unspecified atom stereocenters. The van der Waals surface area contributed by atoms with Gasteiger partial charge in [0.2, 0.25) is 10.0 Å². The summed E-state index contributed by atoms with van der Waals surface area (Å²) in [5.41, 5.74) is 2.08. The molecule has 4 heterocycles. The monoisotopic (exact) mass is 689 g/mol. The number of ether oxygens (including phenoxy) is 2. The molecule has 0 radical (unpaired) electrons. The van der Waals surface area contributed by atoms with Gasteiger partial charge >= 0.3 is 5.97 Å². The van der Waals surface area contributed by atoms with Crippen LogP contribution in [0.2, 0.25) is 25.7 Å². The number of hydrogen-bond acceptors (Lipinski definition) is 12. The lowest BCUT2D eigenvalue weighted by molar-refractivity contribution is 0.0517. The third kappa shape index (κ3) is 7.69.